The molecular formula is C26H14N2O2S2. The Kier molecular flexibility index (Phi) is 3.27. The molecule has 7 rings (SSSR count). The van der Waals surface area contributed by atoms with Gasteiger partial charge in [0.05, 0.1) is 14.0 Å². The fraction of sp³-hybridized carbons (Fsp3) is 0.154. The van der Waals surface area contributed by atoms with Gasteiger partial charge in [0.1, 0.15) is 29.2 Å². The normalized spacial score (nSPS) is 24.4. The van der Waals surface area contributed by atoms with Crippen LogP contribution in [0.5, 0.6) is 11.5 Å². The summed E-state index contributed by atoms with van der Waals surface area (Å²) in [6.07, 6.45) is 0. The Bertz CT molecular complexity index is 1540. The zero-order chi connectivity index (χ0) is 21.9. The Morgan fingerprint density at radius 2 is 1.47 bits per heavy atom. The molecule has 152 valence electrons. The van der Waals surface area contributed by atoms with Crippen LogP contribution in [0, 0.1) is 29.6 Å². The maximum Gasteiger partial charge on any atom is 0.150 e. The monoisotopic (exact) mass is 450 g/mol. The number of hydrogen-bond acceptors (Lipinski definition) is 6. The highest BCUT2D eigenvalue weighted by atomic mass is 32.2. The van der Waals surface area contributed by atoms with E-state index in [2.05, 4.69) is 43.3 Å². The SMILES string of the molecule is Cc1ccc2c(c1)C1c3c(O)c4c(c(O)c3C3c5ccccc5C231)SC(=C(C#N)C#N)S4. The number of thioether (sulfide) groups is 2. The molecule has 3 aromatic rings. The van der Waals surface area contributed by atoms with Crippen LogP contribution in [0.1, 0.15) is 50.8 Å². The molecule has 1 heterocycles. The summed E-state index contributed by atoms with van der Waals surface area (Å²) in [5, 5.41) is 41.6. The van der Waals surface area contributed by atoms with E-state index >= 15 is 0 Å². The number of benzene rings is 3. The van der Waals surface area contributed by atoms with Gasteiger partial charge in [-0.25, -0.2) is 0 Å². The Morgan fingerprint density at radius 1 is 0.875 bits per heavy atom. The minimum Gasteiger partial charge on any atom is -0.506 e. The number of fused-ring (bicyclic) bond motifs is 8. The Labute approximate surface area is 192 Å². The second kappa shape index (κ2) is 5.72. The number of aryl methyl sites for hydroxylation is 1. The van der Waals surface area contributed by atoms with Crippen molar-refractivity contribution in [3.63, 3.8) is 0 Å². The third-order valence-electron chi connectivity index (χ3n) is 7.42. The fourth-order valence-corrected chi connectivity index (χ4v) is 8.84. The van der Waals surface area contributed by atoms with Crippen LogP contribution in [-0.4, -0.2) is 10.2 Å². The highest BCUT2D eigenvalue weighted by Gasteiger charge is 2.71. The van der Waals surface area contributed by atoms with Crippen LogP contribution in [0.3, 0.4) is 0 Å². The first-order valence-electron chi connectivity index (χ1n) is 10.3. The quantitative estimate of drug-likeness (QED) is 0.335. The molecule has 4 nitrogen and oxygen atoms in total. The number of allylic oxidation sites excluding steroid dienone is 1. The van der Waals surface area contributed by atoms with Gasteiger partial charge in [-0.05, 0) is 29.2 Å². The van der Waals surface area contributed by atoms with E-state index < -0.39 is 0 Å². The molecule has 0 fully saturated rings. The van der Waals surface area contributed by atoms with Gasteiger partial charge in [-0.2, -0.15) is 10.5 Å². The smallest absolute Gasteiger partial charge is 0.150 e. The second-order valence-electron chi connectivity index (χ2n) is 8.69. The van der Waals surface area contributed by atoms with E-state index in [1.54, 1.807) is 0 Å². The topological polar surface area (TPSA) is 88.0 Å². The third kappa shape index (κ3) is 1.74. The maximum atomic E-state index is 11.5. The number of nitrogens with zero attached hydrogens (tertiary/aromatic N) is 2. The van der Waals surface area contributed by atoms with Gasteiger partial charge in [-0.15, -0.1) is 0 Å². The summed E-state index contributed by atoms with van der Waals surface area (Å²) < 4.78 is 0.504. The zero-order valence-corrected chi connectivity index (χ0v) is 18.4. The minimum absolute atomic E-state index is 0.00288. The molecule has 6 heteroatoms. The van der Waals surface area contributed by atoms with E-state index in [1.807, 2.05) is 18.2 Å². The lowest BCUT2D eigenvalue weighted by molar-refractivity contribution is 0.325. The largest absolute Gasteiger partial charge is 0.506 e. The van der Waals surface area contributed by atoms with Gasteiger partial charge in [0.2, 0.25) is 0 Å². The molecule has 3 atom stereocenters. The molecule has 0 saturated carbocycles. The van der Waals surface area contributed by atoms with Crippen molar-refractivity contribution < 1.29 is 10.2 Å². The van der Waals surface area contributed by atoms with Crippen molar-refractivity contribution in [2.45, 2.75) is 34.0 Å². The lowest BCUT2D eigenvalue weighted by Crippen LogP contribution is -2.52. The van der Waals surface area contributed by atoms with E-state index in [0.29, 0.717) is 14.0 Å². The molecular weight excluding hydrogens is 436 g/mol. The van der Waals surface area contributed by atoms with Crippen LogP contribution in [0.25, 0.3) is 0 Å². The van der Waals surface area contributed by atoms with Gasteiger partial charge in [-0.3, -0.25) is 0 Å². The third-order valence-corrected chi connectivity index (χ3v) is 10.0. The molecule has 3 aromatic carbocycles. The summed E-state index contributed by atoms with van der Waals surface area (Å²) >= 11 is 2.41. The predicted octanol–water partition coefficient (Wildman–Crippen LogP) is 5.75. The zero-order valence-electron chi connectivity index (χ0n) is 16.8. The number of nitriles is 2. The van der Waals surface area contributed by atoms with Crippen LogP contribution in [0.4, 0.5) is 0 Å². The number of aromatic hydroxyl groups is 2. The molecule has 0 radical (unpaired) electrons. The lowest BCUT2D eigenvalue weighted by atomic mass is 9.43. The first-order valence-corrected chi connectivity index (χ1v) is 11.9. The van der Waals surface area contributed by atoms with Gasteiger partial charge in [0.25, 0.3) is 0 Å². The average Bonchev–Trinajstić information content (AvgIpc) is 3.31. The number of hydrogen-bond donors (Lipinski definition) is 2. The van der Waals surface area contributed by atoms with Crippen molar-refractivity contribution in [2.75, 3.05) is 0 Å². The molecule has 0 amide bonds. The van der Waals surface area contributed by atoms with Gasteiger partial charge in [0, 0.05) is 28.4 Å². The molecule has 32 heavy (non-hydrogen) atoms. The van der Waals surface area contributed by atoms with Crippen molar-refractivity contribution >= 4 is 23.5 Å². The molecule has 0 aromatic heterocycles. The Hall–Kier alpha value is -3.32. The predicted molar refractivity (Wildman–Crippen MR) is 122 cm³/mol. The molecule has 2 N–H and O–H groups in total. The first-order chi connectivity index (χ1) is 15.5. The number of rotatable bonds is 0. The summed E-state index contributed by atoms with van der Waals surface area (Å²) in [5.74, 6) is 0.308. The molecule has 0 saturated heterocycles. The summed E-state index contributed by atoms with van der Waals surface area (Å²) in [6.45, 7) is 2.07. The summed E-state index contributed by atoms with van der Waals surface area (Å²) in [6, 6.07) is 18.8. The first kappa shape index (κ1) is 18.3. The van der Waals surface area contributed by atoms with Crippen molar-refractivity contribution in [3.05, 3.63) is 91.2 Å². The van der Waals surface area contributed by atoms with Crippen LogP contribution in [0.15, 0.2) is 62.1 Å². The van der Waals surface area contributed by atoms with Crippen molar-refractivity contribution in [1.29, 1.82) is 10.5 Å². The van der Waals surface area contributed by atoms with Gasteiger partial charge in [0.15, 0.2) is 0 Å². The van der Waals surface area contributed by atoms with E-state index in [1.165, 1.54) is 51.3 Å². The summed E-state index contributed by atoms with van der Waals surface area (Å²) in [5.41, 5.74) is 7.48. The van der Waals surface area contributed by atoms with E-state index in [-0.39, 0.29) is 34.3 Å². The van der Waals surface area contributed by atoms with Gasteiger partial charge < -0.3 is 10.2 Å². The van der Waals surface area contributed by atoms with E-state index in [0.717, 1.165) is 11.1 Å². The summed E-state index contributed by atoms with van der Waals surface area (Å²) in [7, 11) is 0. The molecule has 1 spiro atoms. The molecule has 1 aliphatic heterocycles. The van der Waals surface area contributed by atoms with E-state index in [9.17, 15) is 20.7 Å². The van der Waals surface area contributed by atoms with Crippen molar-refractivity contribution in [3.8, 4) is 23.6 Å². The van der Waals surface area contributed by atoms with Crippen molar-refractivity contribution in [1.82, 2.24) is 0 Å². The second-order valence-corrected chi connectivity index (χ2v) is 11.0. The number of phenolic OH excluding ortho intramolecular Hbond substituents is 2. The van der Waals surface area contributed by atoms with Gasteiger partial charge in [-0.1, -0.05) is 71.6 Å². The van der Waals surface area contributed by atoms with Crippen molar-refractivity contribution in [2.24, 2.45) is 0 Å². The molecule has 4 aliphatic rings. The standard InChI is InChI=1S/C26H14N2O2S2/c1-11-6-7-16-14(8-11)20-18-17(19-13-4-2-3-5-15(13)26(16,19)20)21(29)23-24(22(18)30)32-25(31-23)12(9-27)10-28/h2-8,19-20,29-30H,1H3. The minimum atomic E-state index is -0.246. The van der Waals surface area contributed by atoms with Crippen LogP contribution in [0.2, 0.25) is 0 Å². The highest BCUT2D eigenvalue weighted by Crippen LogP contribution is 2.80. The van der Waals surface area contributed by atoms with Crippen LogP contribution >= 0.6 is 23.5 Å². The Morgan fingerprint density at radius 3 is 2.12 bits per heavy atom. The number of phenols is 2. The Balaban J connectivity index is 1.55. The molecule has 3 aliphatic carbocycles. The van der Waals surface area contributed by atoms with E-state index in [4.69, 9.17) is 0 Å². The lowest BCUT2D eigenvalue weighted by Gasteiger charge is -2.58. The molecule has 3 unspecified atom stereocenters. The highest BCUT2D eigenvalue weighted by molar-refractivity contribution is 8.24. The fourth-order valence-electron chi connectivity index (χ4n) is 6.37. The van der Waals surface area contributed by atoms with Crippen LogP contribution in [-0.2, 0) is 5.41 Å². The van der Waals surface area contributed by atoms with Crippen LogP contribution < -0.4 is 0 Å². The van der Waals surface area contributed by atoms with Gasteiger partial charge >= 0.3 is 0 Å². The summed E-state index contributed by atoms with van der Waals surface area (Å²) in [4.78, 5) is 1.09. The maximum absolute atomic E-state index is 11.5. The molecule has 0 bridgehead atoms. The average molecular weight is 451 g/mol.